The van der Waals surface area contributed by atoms with Gasteiger partial charge in [0.1, 0.15) is 42.1 Å². The molecule has 0 saturated carbocycles. The van der Waals surface area contributed by atoms with Crippen LogP contribution in [-0.2, 0) is 25.5 Å². The molecule has 1 aliphatic heterocycles. The first-order chi connectivity index (χ1) is 23.4. The van der Waals surface area contributed by atoms with Crippen molar-refractivity contribution in [2.24, 2.45) is 5.16 Å². The van der Waals surface area contributed by atoms with Gasteiger partial charge in [-0.3, -0.25) is 4.79 Å². The number of aliphatic hydroxyl groups is 1. The van der Waals surface area contributed by atoms with Crippen molar-refractivity contribution in [2.75, 3.05) is 20.3 Å². The summed E-state index contributed by atoms with van der Waals surface area (Å²) >= 11 is 0. The van der Waals surface area contributed by atoms with Gasteiger partial charge in [-0.1, -0.05) is 77.1 Å². The van der Waals surface area contributed by atoms with E-state index in [1.54, 1.807) is 24.9 Å². The van der Waals surface area contributed by atoms with Crippen LogP contribution in [0.2, 0.25) is 0 Å². The van der Waals surface area contributed by atoms with Crippen molar-refractivity contribution in [3.63, 3.8) is 0 Å². The summed E-state index contributed by atoms with van der Waals surface area (Å²) in [7, 11) is 1.61. The number of esters is 1. The zero-order valence-electron chi connectivity index (χ0n) is 27.4. The first-order valence-electron chi connectivity index (χ1n) is 16.0. The molecule has 11 heteroatoms. The van der Waals surface area contributed by atoms with Gasteiger partial charge in [-0.15, -0.1) is 5.10 Å². The normalized spacial score (nSPS) is 18.9. The third kappa shape index (κ3) is 9.76. The monoisotopic (exact) mass is 654 g/mol. The Bertz CT molecular complexity index is 1630. The average Bonchev–Trinajstić information content (AvgIpc) is 3.63. The minimum Gasteiger partial charge on any atom is -0.497 e. The molecule has 0 saturated heterocycles. The van der Waals surface area contributed by atoms with Gasteiger partial charge in [-0.25, -0.2) is 4.68 Å². The minimum atomic E-state index is -0.531. The van der Waals surface area contributed by atoms with E-state index in [-0.39, 0.29) is 37.7 Å². The van der Waals surface area contributed by atoms with Crippen LogP contribution in [0.15, 0.2) is 108 Å². The second-order valence-electron chi connectivity index (χ2n) is 11.6. The fraction of sp³-hybridized carbons (Fsp3) is 0.351. The third-order valence-electron chi connectivity index (χ3n) is 7.93. The predicted molar refractivity (Wildman–Crippen MR) is 180 cm³/mol. The number of rotatable bonds is 16. The Morgan fingerprint density at radius 2 is 1.69 bits per heavy atom. The van der Waals surface area contributed by atoms with E-state index < -0.39 is 18.3 Å². The maximum atomic E-state index is 12.8. The fourth-order valence-corrected chi connectivity index (χ4v) is 5.12. The minimum absolute atomic E-state index is 0.0197. The van der Waals surface area contributed by atoms with Crippen LogP contribution in [0.1, 0.15) is 61.8 Å². The highest BCUT2D eigenvalue weighted by molar-refractivity contribution is 5.85. The van der Waals surface area contributed by atoms with Crippen LogP contribution in [0.4, 0.5) is 0 Å². The zero-order valence-corrected chi connectivity index (χ0v) is 27.4. The highest BCUT2D eigenvalue weighted by atomic mass is 16.6. The first-order valence-corrected chi connectivity index (χ1v) is 16.0. The van der Waals surface area contributed by atoms with Gasteiger partial charge in [-0.2, -0.15) is 0 Å². The van der Waals surface area contributed by atoms with Crippen LogP contribution >= 0.6 is 0 Å². The summed E-state index contributed by atoms with van der Waals surface area (Å²) in [5.74, 6) is 0.990. The Labute approximate surface area is 280 Å². The van der Waals surface area contributed by atoms with E-state index in [1.165, 1.54) is 0 Å². The summed E-state index contributed by atoms with van der Waals surface area (Å²) in [4.78, 5) is 18.4. The number of carbonyl (C=O) groups excluding carboxylic acids is 1. The first kappa shape index (κ1) is 34.3. The molecule has 1 aliphatic rings. The number of ether oxygens (including phenoxy) is 4. The third-order valence-corrected chi connectivity index (χ3v) is 7.93. The maximum Gasteiger partial charge on any atom is 0.306 e. The van der Waals surface area contributed by atoms with E-state index in [0.717, 1.165) is 16.9 Å². The number of benzene rings is 3. The van der Waals surface area contributed by atoms with Crippen LogP contribution in [0.25, 0.3) is 0 Å². The molecule has 1 aromatic heterocycles. The number of oxime groups is 1. The van der Waals surface area contributed by atoms with Crippen LogP contribution in [-0.4, -0.2) is 64.3 Å². The van der Waals surface area contributed by atoms with Gasteiger partial charge in [0.2, 0.25) is 0 Å². The number of aliphatic hydroxyl groups excluding tert-OH is 1. The topological polar surface area (TPSA) is 127 Å². The number of hydrogen-bond donors (Lipinski definition) is 1. The SMILES string of the molecule is COc1ccc(O[C@H]2C=C[C@@H](c3ccccc3)O[C@@H]2COC(=O)CC/C(C)=N/O[C@H](C)c2cn([C@H](CO)Cc3ccccc3)nn2)cc1. The Morgan fingerprint density at radius 3 is 2.40 bits per heavy atom. The fourth-order valence-electron chi connectivity index (χ4n) is 5.12. The highest BCUT2D eigenvalue weighted by Gasteiger charge is 2.31. The molecule has 5 rings (SSSR count). The average molecular weight is 655 g/mol. The molecule has 5 atom stereocenters. The van der Waals surface area contributed by atoms with Gasteiger partial charge in [0.05, 0.1) is 38.1 Å². The molecule has 0 spiro atoms. The van der Waals surface area contributed by atoms with Crippen LogP contribution in [0, 0.1) is 0 Å². The number of carbonyl (C=O) groups is 1. The van der Waals surface area contributed by atoms with E-state index in [1.807, 2.05) is 104 Å². The summed E-state index contributed by atoms with van der Waals surface area (Å²) in [6, 6.07) is 26.8. The molecule has 252 valence electrons. The standard InChI is InChI=1S/C37H42N4O7/c1-26(39-48-27(2)33-23-41(40-38-33)30(24-42)22-28-10-6-4-7-11-28)14-21-37(43)45-25-36-35(46-32-17-15-31(44-3)16-18-32)20-19-34(47-36)29-12-8-5-9-13-29/h4-13,15-20,23,27,30,34-36,42H,14,21-22,24-25H2,1-3H3/b39-26+/t27-,30+,34+,35+,36-/m1/s1. The Morgan fingerprint density at radius 1 is 0.979 bits per heavy atom. The molecule has 0 bridgehead atoms. The molecule has 0 amide bonds. The van der Waals surface area contributed by atoms with Crippen LogP contribution in [0.3, 0.4) is 0 Å². The van der Waals surface area contributed by atoms with E-state index >= 15 is 0 Å². The summed E-state index contributed by atoms with van der Waals surface area (Å²) in [6.45, 7) is 3.55. The van der Waals surface area contributed by atoms with Crippen LogP contribution in [0.5, 0.6) is 11.5 Å². The quantitative estimate of drug-likeness (QED) is 0.0672. The molecule has 0 unspecified atom stereocenters. The number of methoxy groups -OCH3 is 1. The molecule has 3 aromatic carbocycles. The summed E-state index contributed by atoms with van der Waals surface area (Å²) < 4.78 is 25.1. The van der Waals surface area contributed by atoms with Crippen LogP contribution < -0.4 is 9.47 Å². The lowest BCUT2D eigenvalue weighted by Crippen LogP contribution is -2.40. The Balaban J connectivity index is 1.11. The molecular weight excluding hydrogens is 612 g/mol. The lowest BCUT2D eigenvalue weighted by atomic mass is 10.0. The summed E-state index contributed by atoms with van der Waals surface area (Å²) in [5, 5.41) is 22.5. The van der Waals surface area contributed by atoms with Crippen molar-refractivity contribution in [1.82, 2.24) is 15.0 Å². The molecule has 48 heavy (non-hydrogen) atoms. The Kier molecular flexibility index (Phi) is 12.3. The number of hydrogen-bond acceptors (Lipinski definition) is 10. The molecule has 2 heterocycles. The molecule has 0 aliphatic carbocycles. The van der Waals surface area contributed by atoms with Crippen molar-refractivity contribution in [1.29, 1.82) is 0 Å². The molecule has 11 nitrogen and oxygen atoms in total. The van der Waals surface area contributed by atoms with E-state index in [0.29, 0.717) is 30.0 Å². The molecule has 0 radical (unpaired) electrons. The molecular formula is C37H42N4O7. The van der Waals surface area contributed by atoms with Gasteiger partial charge < -0.3 is 28.9 Å². The zero-order chi connectivity index (χ0) is 33.7. The summed E-state index contributed by atoms with van der Waals surface area (Å²) in [5.41, 5.74) is 3.30. The second kappa shape index (κ2) is 17.2. The Hall–Kier alpha value is -5.00. The maximum absolute atomic E-state index is 12.8. The smallest absolute Gasteiger partial charge is 0.306 e. The molecule has 1 N–H and O–H groups in total. The van der Waals surface area contributed by atoms with Gasteiger partial charge in [0.15, 0.2) is 6.10 Å². The predicted octanol–water partition coefficient (Wildman–Crippen LogP) is 5.98. The summed E-state index contributed by atoms with van der Waals surface area (Å²) in [6.07, 6.45) is 4.99. The number of aromatic nitrogens is 3. The number of nitrogens with zero attached hydrogens (tertiary/aromatic N) is 4. The van der Waals surface area contributed by atoms with Gasteiger partial charge in [-0.05, 0) is 68.2 Å². The van der Waals surface area contributed by atoms with Crippen molar-refractivity contribution in [2.45, 2.75) is 63.6 Å². The largest absolute Gasteiger partial charge is 0.497 e. The van der Waals surface area contributed by atoms with Gasteiger partial charge >= 0.3 is 5.97 Å². The second-order valence-corrected chi connectivity index (χ2v) is 11.6. The lowest BCUT2D eigenvalue weighted by Gasteiger charge is -2.32. The van der Waals surface area contributed by atoms with E-state index in [4.69, 9.17) is 23.8 Å². The van der Waals surface area contributed by atoms with Crippen molar-refractivity contribution < 1.29 is 33.7 Å². The van der Waals surface area contributed by atoms with E-state index in [9.17, 15) is 9.90 Å². The van der Waals surface area contributed by atoms with Gasteiger partial charge in [0, 0.05) is 0 Å². The lowest BCUT2D eigenvalue weighted by molar-refractivity contribution is -0.152. The van der Waals surface area contributed by atoms with Gasteiger partial charge in [0.25, 0.3) is 0 Å². The van der Waals surface area contributed by atoms with Crippen molar-refractivity contribution >= 4 is 11.7 Å². The molecule has 4 aromatic rings. The highest BCUT2D eigenvalue weighted by Crippen LogP contribution is 2.29. The van der Waals surface area contributed by atoms with Crippen molar-refractivity contribution in [3.8, 4) is 11.5 Å². The van der Waals surface area contributed by atoms with E-state index in [2.05, 4.69) is 15.5 Å². The molecule has 0 fully saturated rings. The van der Waals surface area contributed by atoms with Crippen molar-refractivity contribution in [3.05, 3.63) is 120 Å².